The third kappa shape index (κ3) is 6.88. The maximum Gasteiger partial charge on any atom is 0.270 e. The summed E-state index contributed by atoms with van der Waals surface area (Å²) in [5.41, 5.74) is 1.82. The molecule has 2 rings (SSSR count). The molecule has 0 aliphatic carbocycles. The molecule has 2 aromatic rings. The first-order valence-corrected chi connectivity index (χ1v) is 9.53. The van der Waals surface area contributed by atoms with Crippen molar-refractivity contribution in [2.75, 3.05) is 6.54 Å². The SMILES string of the molecule is CCCCCNC(=O)/C(=C/c1cccc([N+](=O)[O-])c1)NC(=O)c1ccc(C)cc1. The molecule has 0 unspecified atom stereocenters. The van der Waals surface area contributed by atoms with Crippen LogP contribution in [0.2, 0.25) is 0 Å². The molecule has 0 atom stereocenters. The molecule has 7 heteroatoms. The number of nitrogens with zero attached hydrogens (tertiary/aromatic N) is 1. The quantitative estimate of drug-likeness (QED) is 0.290. The number of amides is 2. The molecule has 0 bridgehead atoms. The summed E-state index contributed by atoms with van der Waals surface area (Å²) in [6.45, 7) is 4.47. The second-order valence-corrected chi connectivity index (χ2v) is 6.69. The summed E-state index contributed by atoms with van der Waals surface area (Å²) in [4.78, 5) is 35.7. The number of nitro groups is 1. The summed E-state index contributed by atoms with van der Waals surface area (Å²) in [6, 6.07) is 12.9. The fourth-order valence-electron chi connectivity index (χ4n) is 2.62. The molecular formula is C22H25N3O4. The maximum absolute atomic E-state index is 12.6. The molecule has 0 aromatic heterocycles. The molecule has 0 saturated heterocycles. The summed E-state index contributed by atoms with van der Waals surface area (Å²) >= 11 is 0. The minimum atomic E-state index is -0.507. The van der Waals surface area contributed by atoms with Crippen molar-refractivity contribution < 1.29 is 14.5 Å². The molecule has 0 spiro atoms. The zero-order valence-corrected chi connectivity index (χ0v) is 16.6. The van der Waals surface area contributed by atoms with Crippen LogP contribution in [0.15, 0.2) is 54.2 Å². The van der Waals surface area contributed by atoms with E-state index in [0.717, 1.165) is 24.8 Å². The highest BCUT2D eigenvalue weighted by Gasteiger charge is 2.15. The lowest BCUT2D eigenvalue weighted by Gasteiger charge is -2.11. The zero-order valence-electron chi connectivity index (χ0n) is 16.6. The van der Waals surface area contributed by atoms with Crippen molar-refractivity contribution in [2.45, 2.75) is 33.1 Å². The second-order valence-electron chi connectivity index (χ2n) is 6.69. The van der Waals surface area contributed by atoms with Gasteiger partial charge in [0.15, 0.2) is 0 Å². The largest absolute Gasteiger partial charge is 0.351 e. The molecule has 0 radical (unpaired) electrons. The van der Waals surface area contributed by atoms with Crippen LogP contribution in [-0.4, -0.2) is 23.3 Å². The van der Waals surface area contributed by atoms with Gasteiger partial charge in [-0.25, -0.2) is 0 Å². The first kappa shape index (κ1) is 21.8. The van der Waals surface area contributed by atoms with Crippen molar-refractivity contribution in [3.63, 3.8) is 0 Å². The standard InChI is InChI=1S/C22H25N3O4/c1-3-4-5-13-23-22(27)20(15-17-7-6-8-19(14-17)25(28)29)24-21(26)18-11-9-16(2)10-12-18/h6-12,14-15H,3-5,13H2,1-2H3,(H,23,27)(H,24,26)/b20-15-. The lowest BCUT2D eigenvalue weighted by atomic mass is 10.1. The molecule has 0 saturated carbocycles. The monoisotopic (exact) mass is 395 g/mol. The predicted molar refractivity (Wildman–Crippen MR) is 112 cm³/mol. The van der Waals surface area contributed by atoms with Gasteiger partial charge in [0.05, 0.1) is 4.92 Å². The number of non-ortho nitro benzene ring substituents is 1. The third-order valence-corrected chi connectivity index (χ3v) is 4.26. The smallest absolute Gasteiger partial charge is 0.270 e. The van der Waals surface area contributed by atoms with Crippen LogP contribution in [0.4, 0.5) is 5.69 Å². The summed E-state index contributed by atoms with van der Waals surface area (Å²) in [5, 5.41) is 16.4. The van der Waals surface area contributed by atoms with E-state index in [0.29, 0.717) is 17.7 Å². The van der Waals surface area contributed by atoms with Gasteiger partial charge >= 0.3 is 0 Å². The maximum atomic E-state index is 12.6. The Morgan fingerprint density at radius 3 is 2.48 bits per heavy atom. The normalized spacial score (nSPS) is 11.0. The number of carbonyl (C=O) groups excluding carboxylic acids is 2. The van der Waals surface area contributed by atoms with E-state index in [9.17, 15) is 19.7 Å². The highest BCUT2D eigenvalue weighted by molar-refractivity contribution is 6.05. The van der Waals surface area contributed by atoms with Gasteiger partial charge in [0.2, 0.25) is 0 Å². The van der Waals surface area contributed by atoms with E-state index in [2.05, 4.69) is 17.6 Å². The number of hydrogen-bond donors (Lipinski definition) is 2. The minimum Gasteiger partial charge on any atom is -0.351 e. The third-order valence-electron chi connectivity index (χ3n) is 4.26. The molecular weight excluding hydrogens is 370 g/mol. The second kappa shape index (κ2) is 10.8. The van der Waals surface area contributed by atoms with Crippen LogP contribution in [-0.2, 0) is 4.79 Å². The Kier molecular flexibility index (Phi) is 8.09. The molecule has 29 heavy (non-hydrogen) atoms. The van der Waals surface area contributed by atoms with E-state index in [1.807, 2.05) is 19.1 Å². The lowest BCUT2D eigenvalue weighted by Crippen LogP contribution is -2.35. The van der Waals surface area contributed by atoms with Gasteiger partial charge < -0.3 is 10.6 Å². The number of unbranched alkanes of at least 4 members (excludes halogenated alkanes) is 2. The average molecular weight is 395 g/mol. The number of carbonyl (C=O) groups is 2. The van der Waals surface area contributed by atoms with Crippen molar-refractivity contribution in [2.24, 2.45) is 0 Å². The van der Waals surface area contributed by atoms with Crippen LogP contribution < -0.4 is 10.6 Å². The van der Waals surface area contributed by atoms with Gasteiger partial charge in [-0.05, 0) is 37.1 Å². The van der Waals surface area contributed by atoms with Gasteiger partial charge in [-0.15, -0.1) is 0 Å². The lowest BCUT2D eigenvalue weighted by molar-refractivity contribution is -0.384. The molecule has 2 N–H and O–H groups in total. The van der Waals surface area contributed by atoms with Gasteiger partial charge in [-0.3, -0.25) is 19.7 Å². The molecule has 2 amide bonds. The van der Waals surface area contributed by atoms with E-state index in [1.54, 1.807) is 18.2 Å². The van der Waals surface area contributed by atoms with E-state index in [-0.39, 0.29) is 11.4 Å². The highest BCUT2D eigenvalue weighted by atomic mass is 16.6. The fraction of sp³-hybridized carbons (Fsp3) is 0.273. The summed E-state index contributed by atoms with van der Waals surface area (Å²) in [6.07, 6.45) is 4.28. The van der Waals surface area contributed by atoms with Gasteiger partial charge in [-0.1, -0.05) is 49.6 Å². The van der Waals surface area contributed by atoms with E-state index >= 15 is 0 Å². The van der Waals surface area contributed by atoms with Crippen LogP contribution in [0, 0.1) is 17.0 Å². The first-order valence-electron chi connectivity index (χ1n) is 9.53. The van der Waals surface area contributed by atoms with Crippen LogP contribution in [0.3, 0.4) is 0 Å². The Labute approximate surface area is 170 Å². The summed E-state index contributed by atoms with van der Waals surface area (Å²) < 4.78 is 0. The molecule has 0 aliphatic rings. The predicted octanol–water partition coefficient (Wildman–Crippen LogP) is 3.98. The van der Waals surface area contributed by atoms with Crippen molar-refractivity contribution in [1.82, 2.24) is 10.6 Å². The Morgan fingerprint density at radius 2 is 1.83 bits per heavy atom. The number of rotatable bonds is 9. The Balaban J connectivity index is 2.25. The topological polar surface area (TPSA) is 101 Å². The van der Waals surface area contributed by atoms with Crippen molar-refractivity contribution >= 4 is 23.6 Å². The van der Waals surface area contributed by atoms with Gasteiger partial charge in [0.1, 0.15) is 5.70 Å². The van der Waals surface area contributed by atoms with E-state index in [4.69, 9.17) is 0 Å². The molecule has 2 aromatic carbocycles. The first-order chi connectivity index (χ1) is 13.9. The highest BCUT2D eigenvalue weighted by Crippen LogP contribution is 2.16. The fourth-order valence-corrected chi connectivity index (χ4v) is 2.62. The molecule has 0 aliphatic heterocycles. The molecule has 7 nitrogen and oxygen atoms in total. The number of aryl methyl sites for hydroxylation is 1. The van der Waals surface area contributed by atoms with Crippen LogP contribution in [0.25, 0.3) is 6.08 Å². The van der Waals surface area contributed by atoms with Gasteiger partial charge in [-0.2, -0.15) is 0 Å². The minimum absolute atomic E-state index is 0.0348. The molecule has 0 heterocycles. The Morgan fingerprint density at radius 1 is 1.10 bits per heavy atom. The zero-order chi connectivity index (χ0) is 21.2. The summed E-state index contributed by atoms with van der Waals surface area (Å²) in [7, 11) is 0. The Bertz CT molecular complexity index is 905. The van der Waals surface area contributed by atoms with Crippen molar-refractivity contribution in [3.05, 3.63) is 81.0 Å². The number of nitrogens with one attached hydrogen (secondary N) is 2. The Hall–Kier alpha value is -3.48. The average Bonchev–Trinajstić information content (AvgIpc) is 2.71. The van der Waals surface area contributed by atoms with Crippen molar-refractivity contribution in [1.29, 1.82) is 0 Å². The molecule has 0 fully saturated rings. The molecule has 152 valence electrons. The van der Waals surface area contributed by atoms with E-state index in [1.165, 1.54) is 24.3 Å². The number of hydrogen-bond acceptors (Lipinski definition) is 4. The summed E-state index contributed by atoms with van der Waals surface area (Å²) in [5.74, 6) is -0.863. The van der Waals surface area contributed by atoms with E-state index < -0.39 is 16.7 Å². The number of nitro benzene ring substituents is 1. The van der Waals surface area contributed by atoms with Crippen molar-refractivity contribution in [3.8, 4) is 0 Å². The van der Waals surface area contributed by atoms with Crippen LogP contribution >= 0.6 is 0 Å². The van der Waals surface area contributed by atoms with Crippen LogP contribution in [0.5, 0.6) is 0 Å². The van der Waals surface area contributed by atoms with Gasteiger partial charge in [0.25, 0.3) is 17.5 Å². The number of benzene rings is 2. The van der Waals surface area contributed by atoms with Crippen LogP contribution in [0.1, 0.15) is 47.7 Å². The van der Waals surface area contributed by atoms with Gasteiger partial charge in [0, 0.05) is 24.2 Å².